The van der Waals surface area contributed by atoms with Gasteiger partial charge in [0, 0.05) is 11.0 Å². The molecule has 0 atom stereocenters. The van der Waals surface area contributed by atoms with Crippen molar-refractivity contribution in [1.82, 2.24) is 5.32 Å². The van der Waals surface area contributed by atoms with Crippen LogP contribution in [0.5, 0.6) is 5.75 Å². The van der Waals surface area contributed by atoms with Crippen LogP contribution in [0.3, 0.4) is 0 Å². The van der Waals surface area contributed by atoms with Crippen LogP contribution in [0.4, 0.5) is 17.6 Å². The number of ether oxygens (including phenoxy) is 2. The Morgan fingerprint density at radius 1 is 0.833 bits per heavy atom. The van der Waals surface area contributed by atoms with Gasteiger partial charge in [0.05, 0.1) is 13.2 Å². The lowest BCUT2D eigenvalue weighted by molar-refractivity contribution is -0.274. The van der Waals surface area contributed by atoms with Crippen molar-refractivity contribution < 1.29 is 27.0 Å². The fourth-order valence-corrected chi connectivity index (χ4v) is 5.16. The molecule has 0 radical (unpaired) electrons. The third-order valence-corrected chi connectivity index (χ3v) is 7.58. The van der Waals surface area contributed by atoms with Crippen LogP contribution in [0.1, 0.15) is 29.5 Å². The molecule has 0 aliphatic carbocycles. The van der Waals surface area contributed by atoms with E-state index in [4.69, 9.17) is 4.74 Å². The number of alkyl halides is 6. The first-order valence-corrected chi connectivity index (χ1v) is 13.6. The first-order valence-electron chi connectivity index (χ1n) is 11.5. The second-order valence-corrected chi connectivity index (χ2v) is 13.9. The van der Waals surface area contributed by atoms with Crippen LogP contribution in [-0.4, -0.2) is 26.1 Å². The van der Waals surface area contributed by atoms with Crippen LogP contribution in [0.2, 0.25) is 0 Å². The van der Waals surface area contributed by atoms with Crippen LogP contribution in [-0.2, 0) is 18.4 Å². The zero-order valence-corrected chi connectivity index (χ0v) is 23.6. The molecule has 3 nitrogen and oxygen atoms in total. The molecular formula is C27H25F4I2NO2. The van der Waals surface area contributed by atoms with Gasteiger partial charge in [0.15, 0.2) is 0 Å². The third kappa shape index (κ3) is 7.32. The first kappa shape index (κ1) is 27.6. The van der Waals surface area contributed by atoms with Crippen LogP contribution in [0, 0.1) is 0 Å². The predicted octanol–water partition coefficient (Wildman–Crippen LogP) is 8.04. The Bertz CT molecular complexity index is 1140. The molecule has 0 saturated carbocycles. The SMILES string of the molecule is FC(F)(F)Oc1ccc(-c2cc(COCC3(c4ccccc4)CCNCC3)cc(C(F)(I)I)c2)cc1. The summed E-state index contributed by atoms with van der Waals surface area (Å²) in [6.45, 7) is 2.67. The Morgan fingerprint density at radius 2 is 1.50 bits per heavy atom. The summed E-state index contributed by atoms with van der Waals surface area (Å²) < 4.78 is 61.0. The van der Waals surface area contributed by atoms with Gasteiger partial charge in [-0.2, -0.15) is 0 Å². The van der Waals surface area contributed by atoms with Crippen LogP contribution >= 0.6 is 45.2 Å². The van der Waals surface area contributed by atoms with Crippen LogP contribution in [0.15, 0.2) is 72.8 Å². The second kappa shape index (κ2) is 11.5. The minimum Gasteiger partial charge on any atom is -0.406 e. The summed E-state index contributed by atoms with van der Waals surface area (Å²) in [5.41, 5.74) is 3.77. The van der Waals surface area contributed by atoms with Crippen molar-refractivity contribution in [3.63, 3.8) is 0 Å². The molecule has 192 valence electrons. The van der Waals surface area contributed by atoms with Crippen molar-refractivity contribution in [2.45, 2.75) is 32.9 Å². The highest BCUT2D eigenvalue weighted by Gasteiger charge is 2.34. The van der Waals surface area contributed by atoms with Gasteiger partial charge in [-0.1, -0.05) is 42.5 Å². The molecule has 3 aromatic rings. The number of rotatable bonds is 8. The van der Waals surface area contributed by atoms with E-state index in [0.29, 0.717) is 29.9 Å². The number of piperidine rings is 1. The maximum absolute atomic E-state index is 14.9. The second-order valence-electron chi connectivity index (χ2n) is 8.88. The van der Waals surface area contributed by atoms with Crippen molar-refractivity contribution in [1.29, 1.82) is 0 Å². The van der Waals surface area contributed by atoms with Gasteiger partial charge in [-0.3, -0.25) is 0 Å². The highest BCUT2D eigenvalue weighted by Crippen LogP contribution is 2.43. The van der Waals surface area contributed by atoms with Gasteiger partial charge in [-0.05, 0) is 124 Å². The van der Waals surface area contributed by atoms with Gasteiger partial charge in [-0.15, -0.1) is 13.2 Å². The number of nitrogens with one attached hydrogen (secondary N) is 1. The van der Waals surface area contributed by atoms with Gasteiger partial charge in [0.2, 0.25) is 1.68 Å². The molecule has 1 saturated heterocycles. The summed E-state index contributed by atoms with van der Waals surface area (Å²) in [6.07, 6.45) is -2.83. The van der Waals surface area contributed by atoms with Crippen molar-refractivity contribution in [3.8, 4) is 16.9 Å². The molecule has 1 heterocycles. The Balaban J connectivity index is 1.55. The number of hydrogen-bond donors (Lipinski definition) is 1. The Morgan fingerprint density at radius 3 is 2.11 bits per heavy atom. The molecule has 36 heavy (non-hydrogen) atoms. The van der Waals surface area contributed by atoms with Gasteiger partial charge < -0.3 is 14.8 Å². The van der Waals surface area contributed by atoms with E-state index in [1.807, 2.05) is 24.3 Å². The fraction of sp³-hybridized carbons (Fsp3) is 0.333. The van der Waals surface area contributed by atoms with Gasteiger partial charge in [0.1, 0.15) is 5.75 Å². The lowest BCUT2D eigenvalue weighted by Crippen LogP contribution is -2.43. The highest BCUT2D eigenvalue weighted by atomic mass is 127. The summed E-state index contributed by atoms with van der Waals surface area (Å²) >= 11 is 3.45. The topological polar surface area (TPSA) is 30.5 Å². The van der Waals surface area contributed by atoms with Gasteiger partial charge >= 0.3 is 6.36 Å². The van der Waals surface area contributed by atoms with E-state index in [0.717, 1.165) is 31.5 Å². The Kier molecular flexibility index (Phi) is 8.83. The summed E-state index contributed by atoms with van der Waals surface area (Å²) in [5.74, 6) is -0.304. The predicted molar refractivity (Wildman–Crippen MR) is 149 cm³/mol. The van der Waals surface area contributed by atoms with Crippen LogP contribution in [0.25, 0.3) is 11.1 Å². The maximum atomic E-state index is 14.9. The molecule has 9 heteroatoms. The fourth-order valence-electron chi connectivity index (χ4n) is 4.53. The van der Waals surface area contributed by atoms with Crippen molar-refractivity contribution in [2.24, 2.45) is 0 Å². The normalized spacial score (nSPS) is 16.1. The molecule has 0 spiro atoms. The number of benzene rings is 3. The van der Waals surface area contributed by atoms with Crippen molar-refractivity contribution in [2.75, 3.05) is 19.7 Å². The Hall–Kier alpha value is -1.44. The quantitative estimate of drug-likeness (QED) is 0.145. The van der Waals surface area contributed by atoms with Crippen LogP contribution < -0.4 is 10.1 Å². The third-order valence-electron chi connectivity index (χ3n) is 6.34. The molecular weight excluding hydrogens is 700 g/mol. The van der Waals surface area contributed by atoms with E-state index < -0.39 is 8.04 Å². The maximum Gasteiger partial charge on any atom is 0.573 e. The van der Waals surface area contributed by atoms with E-state index in [2.05, 4.69) is 22.2 Å². The summed E-state index contributed by atoms with van der Waals surface area (Å²) in [6, 6.07) is 21.3. The Labute approximate surface area is 235 Å². The molecule has 4 rings (SSSR count). The molecule has 0 unspecified atom stereocenters. The standard InChI is InChI=1S/C27H25F4I2NO2/c28-26(32,33)23-15-19(14-21(16-23)20-6-8-24(9-7-20)36-27(29,30)31)17-35-18-25(10-12-34-13-11-25)22-4-2-1-3-5-22/h1-9,14-16,34H,10-13,17-18H2. The largest absolute Gasteiger partial charge is 0.573 e. The molecule has 1 aliphatic heterocycles. The van der Waals surface area contributed by atoms with E-state index >= 15 is 0 Å². The number of halogens is 6. The highest BCUT2D eigenvalue weighted by molar-refractivity contribution is 14.2. The molecule has 3 aromatic carbocycles. The molecule has 0 aromatic heterocycles. The zero-order valence-electron chi connectivity index (χ0n) is 19.3. The van der Waals surface area contributed by atoms with Gasteiger partial charge in [-0.25, -0.2) is 4.39 Å². The minimum absolute atomic E-state index is 0.0857. The first-order chi connectivity index (χ1) is 17.0. The van der Waals surface area contributed by atoms with E-state index in [1.165, 1.54) is 29.8 Å². The average Bonchev–Trinajstić information content (AvgIpc) is 2.84. The lowest BCUT2D eigenvalue weighted by Gasteiger charge is -2.38. The van der Waals surface area contributed by atoms with E-state index in [9.17, 15) is 17.6 Å². The minimum atomic E-state index is -4.76. The van der Waals surface area contributed by atoms with Crippen molar-refractivity contribution >= 4 is 45.2 Å². The smallest absolute Gasteiger partial charge is 0.406 e. The lowest BCUT2D eigenvalue weighted by atomic mass is 9.74. The molecule has 1 N–H and O–H groups in total. The van der Waals surface area contributed by atoms with E-state index in [-0.39, 0.29) is 11.2 Å². The zero-order chi connectivity index (χ0) is 25.8. The average molecular weight is 725 g/mol. The monoisotopic (exact) mass is 725 g/mol. The molecule has 0 bridgehead atoms. The van der Waals surface area contributed by atoms with Gasteiger partial charge in [0.25, 0.3) is 0 Å². The summed E-state index contributed by atoms with van der Waals surface area (Å²) in [5, 5.41) is 3.41. The van der Waals surface area contributed by atoms with Crippen molar-refractivity contribution in [3.05, 3.63) is 89.5 Å². The molecule has 1 aliphatic rings. The number of hydrogen-bond acceptors (Lipinski definition) is 3. The molecule has 1 fully saturated rings. The molecule has 0 amide bonds. The van der Waals surface area contributed by atoms with E-state index in [1.54, 1.807) is 57.3 Å². The summed E-state index contributed by atoms with van der Waals surface area (Å²) in [7, 11) is 0. The summed E-state index contributed by atoms with van der Waals surface area (Å²) in [4.78, 5) is 0.